The van der Waals surface area contributed by atoms with E-state index in [-0.39, 0.29) is 18.0 Å². The number of amides is 4. The average Bonchev–Trinajstić information content (AvgIpc) is 3.16. The highest BCUT2D eigenvalue weighted by atomic mass is 79.9. The van der Waals surface area contributed by atoms with Crippen LogP contribution in [0.4, 0.5) is 15.3 Å². The zero-order valence-corrected chi connectivity index (χ0v) is 26.5. The summed E-state index contributed by atoms with van der Waals surface area (Å²) in [6, 6.07) is 14.0. The van der Waals surface area contributed by atoms with Crippen molar-refractivity contribution in [3.63, 3.8) is 0 Å². The molecule has 0 bridgehead atoms. The summed E-state index contributed by atoms with van der Waals surface area (Å²) in [5.74, 6) is -0.150. The van der Waals surface area contributed by atoms with Crippen LogP contribution in [0.25, 0.3) is 0 Å². The number of anilines is 1. The molecule has 0 radical (unpaired) electrons. The first-order valence-corrected chi connectivity index (χ1v) is 15.9. The maximum absolute atomic E-state index is 13.6. The van der Waals surface area contributed by atoms with Gasteiger partial charge in [0.15, 0.2) is 6.10 Å². The van der Waals surface area contributed by atoms with Crippen LogP contribution in [0.5, 0.6) is 0 Å². The Morgan fingerprint density at radius 3 is 2.39 bits per heavy atom. The number of halogens is 2. The molecule has 1 atom stereocenters. The fourth-order valence-corrected chi connectivity index (χ4v) is 6.62. The summed E-state index contributed by atoms with van der Waals surface area (Å²) < 4.78 is 7.75. The minimum atomic E-state index is -0.908. The molecule has 2 aromatic carbocycles. The quantitative estimate of drug-likeness (QED) is 0.444. The van der Waals surface area contributed by atoms with Crippen molar-refractivity contribution >= 4 is 55.6 Å². The number of rotatable bonds is 6. The van der Waals surface area contributed by atoms with Crippen LogP contribution in [0.15, 0.2) is 51.4 Å². The Labute approximate surface area is 258 Å². The molecule has 5 rings (SSSR count). The van der Waals surface area contributed by atoms with E-state index in [0.29, 0.717) is 58.0 Å². The summed E-state index contributed by atoms with van der Waals surface area (Å²) in [5, 5.41) is 6.33. The van der Waals surface area contributed by atoms with Crippen LogP contribution in [-0.4, -0.2) is 90.7 Å². The molecule has 41 heavy (non-hydrogen) atoms. The summed E-state index contributed by atoms with van der Waals surface area (Å²) in [6.07, 6.45) is 2.77. The zero-order chi connectivity index (χ0) is 28.9. The SMILES string of the molecule is CNC1CCN(C(=O)[C@@H](Cc2ccc(Br)c(Br)c2)OC(=O)N2CCC(N3CCc4ccccc4NC3=O)CC2)CC1. The highest BCUT2D eigenvalue weighted by Gasteiger charge is 2.35. The van der Waals surface area contributed by atoms with Crippen molar-refractivity contribution in [1.82, 2.24) is 20.0 Å². The van der Waals surface area contributed by atoms with Gasteiger partial charge in [0.05, 0.1) is 0 Å². The number of piperidine rings is 2. The normalized spacial score (nSPS) is 19.3. The van der Waals surface area contributed by atoms with Crippen molar-refractivity contribution in [3.05, 3.63) is 62.5 Å². The lowest BCUT2D eigenvalue weighted by molar-refractivity contribution is -0.142. The summed E-state index contributed by atoms with van der Waals surface area (Å²) >= 11 is 7.03. The van der Waals surface area contributed by atoms with Crippen LogP contribution >= 0.6 is 31.9 Å². The van der Waals surface area contributed by atoms with Crippen molar-refractivity contribution in [2.45, 2.75) is 56.7 Å². The molecule has 3 aliphatic rings. The highest BCUT2D eigenvalue weighted by molar-refractivity contribution is 9.13. The minimum absolute atomic E-state index is 0.0411. The second kappa shape index (κ2) is 13.6. The van der Waals surface area contributed by atoms with Crippen LogP contribution in [0.2, 0.25) is 0 Å². The first kappa shape index (κ1) is 29.8. The number of likely N-dealkylation sites (tertiary alicyclic amines) is 2. The summed E-state index contributed by atoms with van der Waals surface area (Å²) in [7, 11) is 1.94. The number of benzene rings is 2. The van der Waals surface area contributed by atoms with Gasteiger partial charge in [-0.25, -0.2) is 9.59 Å². The van der Waals surface area contributed by atoms with Crippen molar-refractivity contribution in [2.75, 3.05) is 45.1 Å². The minimum Gasteiger partial charge on any atom is -0.436 e. The predicted molar refractivity (Wildman–Crippen MR) is 165 cm³/mol. The maximum Gasteiger partial charge on any atom is 0.410 e. The maximum atomic E-state index is 13.6. The van der Waals surface area contributed by atoms with E-state index in [1.165, 1.54) is 0 Å². The molecular formula is C30H37Br2N5O4. The van der Waals surface area contributed by atoms with E-state index in [9.17, 15) is 14.4 Å². The molecule has 0 aliphatic carbocycles. The van der Waals surface area contributed by atoms with Crippen LogP contribution in [-0.2, 0) is 22.4 Å². The molecule has 4 amide bonds. The largest absolute Gasteiger partial charge is 0.436 e. The third-order valence-corrected chi connectivity index (χ3v) is 10.3. The smallest absolute Gasteiger partial charge is 0.410 e. The summed E-state index contributed by atoms with van der Waals surface area (Å²) in [4.78, 5) is 45.4. The van der Waals surface area contributed by atoms with Gasteiger partial charge in [-0.05, 0) is 100 Å². The Kier molecular flexibility index (Phi) is 9.87. The number of nitrogens with one attached hydrogen (secondary N) is 2. The molecule has 0 unspecified atom stereocenters. The molecule has 220 valence electrons. The van der Waals surface area contributed by atoms with Gasteiger partial charge in [-0.15, -0.1) is 0 Å². The number of ether oxygens (including phenoxy) is 1. The van der Waals surface area contributed by atoms with E-state index < -0.39 is 12.2 Å². The molecule has 3 heterocycles. The number of nitrogens with zero attached hydrogens (tertiary/aromatic N) is 3. The molecule has 2 aromatic rings. The predicted octanol–water partition coefficient (Wildman–Crippen LogP) is 5.02. The Bertz CT molecular complexity index is 1260. The number of carbonyl (C=O) groups excluding carboxylic acids is 3. The third-order valence-electron chi connectivity index (χ3n) is 8.44. The molecule has 0 saturated carbocycles. The van der Waals surface area contributed by atoms with Gasteiger partial charge in [0, 0.05) is 65.9 Å². The fourth-order valence-electron chi connectivity index (χ4n) is 5.95. The topological polar surface area (TPSA) is 94.2 Å². The second-order valence-electron chi connectivity index (χ2n) is 11.0. The van der Waals surface area contributed by atoms with Gasteiger partial charge < -0.3 is 30.1 Å². The number of hydrogen-bond acceptors (Lipinski definition) is 5. The molecule has 9 nitrogen and oxygen atoms in total. The summed E-state index contributed by atoms with van der Waals surface area (Å²) in [5.41, 5.74) is 2.90. The average molecular weight is 691 g/mol. The highest BCUT2D eigenvalue weighted by Crippen LogP contribution is 2.27. The van der Waals surface area contributed by atoms with Crippen LogP contribution < -0.4 is 10.6 Å². The van der Waals surface area contributed by atoms with Gasteiger partial charge in [0.1, 0.15) is 0 Å². The molecule has 0 aromatic heterocycles. The molecule has 2 N–H and O–H groups in total. The van der Waals surface area contributed by atoms with Crippen molar-refractivity contribution in [2.24, 2.45) is 0 Å². The van der Waals surface area contributed by atoms with E-state index in [1.54, 1.807) is 4.90 Å². The van der Waals surface area contributed by atoms with E-state index in [1.807, 2.05) is 59.3 Å². The van der Waals surface area contributed by atoms with E-state index >= 15 is 0 Å². The summed E-state index contributed by atoms with van der Waals surface area (Å²) in [6.45, 7) is 2.85. The van der Waals surface area contributed by atoms with Gasteiger partial charge in [-0.1, -0.05) is 24.3 Å². The zero-order valence-electron chi connectivity index (χ0n) is 23.3. The van der Waals surface area contributed by atoms with Crippen molar-refractivity contribution in [1.29, 1.82) is 0 Å². The fraction of sp³-hybridized carbons (Fsp3) is 0.500. The Balaban J connectivity index is 1.21. The number of carbonyl (C=O) groups is 3. The number of fused-ring (bicyclic) bond motifs is 1. The monoisotopic (exact) mass is 689 g/mol. The van der Waals surface area contributed by atoms with E-state index in [0.717, 1.165) is 45.0 Å². The molecule has 2 saturated heterocycles. The van der Waals surface area contributed by atoms with Crippen LogP contribution in [0.3, 0.4) is 0 Å². The van der Waals surface area contributed by atoms with Crippen molar-refractivity contribution in [3.8, 4) is 0 Å². The van der Waals surface area contributed by atoms with Gasteiger partial charge in [-0.3, -0.25) is 4.79 Å². The van der Waals surface area contributed by atoms with Crippen molar-refractivity contribution < 1.29 is 19.1 Å². The molecule has 11 heteroatoms. The number of hydrogen-bond donors (Lipinski definition) is 2. The van der Waals surface area contributed by atoms with Gasteiger partial charge >= 0.3 is 12.1 Å². The Morgan fingerprint density at radius 2 is 1.68 bits per heavy atom. The Hall–Kier alpha value is -2.63. The number of urea groups is 1. The van der Waals surface area contributed by atoms with Crippen LogP contribution in [0.1, 0.15) is 36.8 Å². The van der Waals surface area contributed by atoms with Gasteiger partial charge in [-0.2, -0.15) is 0 Å². The Morgan fingerprint density at radius 1 is 0.976 bits per heavy atom. The lowest BCUT2D eigenvalue weighted by Crippen LogP contribution is -2.52. The van der Waals surface area contributed by atoms with Crippen LogP contribution in [0, 0.1) is 0 Å². The van der Waals surface area contributed by atoms with E-state index in [2.05, 4.69) is 42.5 Å². The lowest BCUT2D eigenvalue weighted by Gasteiger charge is -2.38. The molecule has 0 spiro atoms. The van der Waals surface area contributed by atoms with E-state index in [4.69, 9.17) is 4.74 Å². The van der Waals surface area contributed by atoms with Gasteiger partial charge in [0.25, 0.3) is 5.91 Å². The number of para-hydroxylation sites is 1. The lowest BCUT2D eigenvalue weighted by atomic mass is 10.0. The second-order valence-corrected chi connectivity index (χ2v) is 12.7. The first-order valence-electron chi connectivity index (χ1n) is 14.3. The molecule has 2 fully saturated rings. The molecule has 3 aliphatic heterocycles. The standard InChI is InChI=1S/C30H37Br2N5O4/c1-33-22-9-13-35(14-10-22)28(38)27(19-20-6-7-24(31)25(32)18-20)41-30(40)36-15-11-23(12-16-36)37-17-8-21-4-2-3-5-26(21)34-29(37)39/h2-7,18,22-23,27,33H,8-17,19H2,1H3,(H,34,39)/t27-/m1/s1. The molecular weight excluding hydrogens is 654 g/mol. The van der Waals surface area contributed by atoms with Gasteiger partial charge in [0.2, 0.25) is 0 Å². The third kappa shape index (κ3) is 7.24. The first-order chi connectivity index (χ1) is 19.8.